The van der Waals surface area contributed by atoms with Crippen molar-refractivity contribution in [1.82, 2.24) is 0 Å². The van der Waals surface area contributed by atoms with Crippen molar-refractivity contribution in [3.8, 4) is 0 Å². The van der Waals surface area contributed by atoms with Crippen LogP contribution in [-0.4, -0.2) is 23.2 Å². The summed E-state index contributed by atoms with van der Waals surface area (Å²) in [7, 11) is 0. The lowest BCUT2D eigenvalue weighted by molar-refractivity contribution is 0.518. The lowest BCUT2D eigenvalue weighted by atomic mass is 10.9. The van der Waals surface area contributed by atoms with Gasteiger partial charge in [0.2, 0.25) is 0 Å². The van der Waals surface area contributed by atoms with Gasteiger partial charge in [0.1, 0.15) is 12.4 Å². The topological polar surface area (TPSA) is 23.1 Å². The first kappa shape index (κ1) is 6.24. The average molecular weight is 110 g/mol. The average Bonchev–Trinajstić information content (AvgIpc) is 1.35. The Morgan fingerprint density at radius 2 is 2.33 bits per heavy atom. The van der Waals surface area contributed by atoms with Gasteiger partial charge in [-0.1, -0.05) is 11.2 Å². The molecule has 0 aliphatic rings. The van der Waals surface area contributed by atoms with Crippen molar-refractivity contribution >= 4 is 11.2 Å². The third-order valence-corrected chi connectivity index (χ3v) is 1.09. The molecule has 3 heteroatoms. The van der Waals surface area contributed by atoms with E-state index in [4.69, 9.17) is 0 Å². The summed E-state index contributed by atoms with van der Waals surface area (Å²) >= 11 is -0.941. The minimum Gasteiger partial charge on any atom is -0.616 e. The Morgan fingerprint density at radius 3 is 2.33 bits per heavy atom. The maximum atomic E-state index is 11.1. The van der Waals surface area contributed by atoms with E-state index in [9.17, 15) is 8.94 Å². The van der Waals surface area contributed by atoms with Crippen LogP contribution in [0.2, 0.25) is 0 Å². The van der Waals surface area contributed by atoms with Crippen molar-refractivity contribution in [1.29, 1.82) is 0 Å². The molecule has 6 heavy (non-hydrogen) atoms. The van der Waals surface area contributed by atoms with E-state index < -0.39 is 17.9 Å². The number of halogens is 1. The molecule has 1 atom stereocenters. The SMILES string of the molecule is C[S+]([O-])CCF. The van der Waals surface area contributed by atoms with E-state index in [1.807, 2.05) is 0 Å². The molecule has 0 bridgehead atoms. The van der Waals surface area contributed by atoms with Crippen molar-refractivity contribution in [3.05, 3.63) is 0 Å². The van der Waals surface area contributed by atoms with Crippen LogP contribution in [0.1, 0.15) is 0 Å². The predicted octanol–water partition coefficient (Wildman–Crippen LogP) is 0.334. The molecule has 0 radical (unpaired) electrons. The van der Waals surface area contributed by atoms with E-state index in [2.05, 4.69) is 0 Å². The van der Waals surface area contributed by atoms with Gasteiger partial charge in [-0.25, -0.2) is 4.39 Å². The maximum Gasteiger partial charge on any atom is 0.134 e. The van der Waals surface area contributed by atoms with Gasteiger partial charge in [0, 0.05) is 0 Å². The molecule has 0 aliphatic heterocycles. The molecule has 1 nitrogen and oxygen atoms in total. The van der Waals surface area contributed by atoms with Crippen molar-refractivity contribution in [2.75, 3.05) is 18.7 Å². The van der Waals surface area contributed by atoms with Crippen LogP contribution < -0.4 is 0 Å². The molecule has 1 unspecified atom stereocenters. The minimum absolute atomic E-state index is 0.181. The smallest absolute Gasteiger partial charge is 0.134 e. The van der Waals surface area contributed by atoms with Crippen LogP contribution in [-0.2, 0) is 11.2 Å². The molecule has 0 N–H and O–H groups in total. The largest absolute Gasteiger partial charge is 0.616 e. The fourth-order valence-corrected chi connectivity index (χ4v) is 0.326. The van der Waals surface area contributed by atoms with E-state index in [0.29, 0.717) is 0 Å². The summed E-state index contributed by atoms with van der Waals surface area (Å²) in [5.74, 6) is 0.181. The van der Waals surface area contributed by atoms with Crippen molar-refractivity contribution in [2.24, 2.45) is 0 Å². The molecule has 0 rings (SSSR count). The lowest BCUT2D eigenvalue weighted by Crippen LogP contribution is -2.03. The van der Waals surface area contributed by atoms with Gasteiger partial charge in [0.25, 0.3) is 0 Å². The molecule has 0 aromatic rings. The Morgan fingerprint density at radius 1 is 1.83 bits per heavy atom. The van der Waals surface area contributed by atoms with Crippen LogP contribution in [0.4, 0.5) is 4.39 Å². The van der Waals surface area contributed by atoms with Crippen LogP contribution in [0.25, 0.3) is 0 Å². The van der Waals surface area contributed by atoms with E-state index >= 15 is 0 Å². The minimum atomic E-state index is -0.941. The molecule has 0 fully saturated rings. The van der Waals surface area contributed by atoms with Gasteiger partial charge in [0.05, 0.1) is 6.26 Å². The van der Waals surface area contributed by atoms with E-state index in [1.54, 1.807) is 0 Å². The van der Waals surface area contributed by atoms with Crippen molar-refractivity contribution in [2.45, 2.75) is 0 Å². The molecule has 0 spiro atoms. The fraction of sp³-hybridized carbons (Fsp3) is 1.00. The van der Waals surface area contributed by atoms with Gasteiger partial charge in [-0.15, -0.1) is 0 Å². The zero-order chi connectivity index (χ0) is 4.99. The van der Waals surface area contributed by atoms with Gasteiger partial charge in [0.15, 0.2) is 0 Å². The standard InChI is InChI=1S/C3H7FOS/c1-6(5)3-2-4/h2-3H2,1H3. The lowest BCUT2D eigenvalue weighted by Gasteiger charge is -1.97. The Bertz CT molecular complexity index is 32.0. The maximum absolute atomic E-state index is 11.1. The highest BCUT2D eigenvalue weighted by Gasteiger charge is 1.90. The summed E-state index contributed by atoms with van der Waals surface area (Å²) in [4.78, 5) is 0. The Kier molecular flexibility index (Phi) is 3.57. The fourth-order valence-electron chi connectivity index (χ4n) is 0.109. The second kappa shape index (κ2) is 3.43. The highest BCUT2D eigenvalue weighted by atomic mass is 32.2. The highest BCUT2D eigenvalue weighted by Crippen LogP contribution is 1.80. The number of rotatable bonds is 2. The summed E-state index contributed by atoms with van der Waals surface area (Å²) in [6.07, 6.45) is 1.49. The predicted molar refractivity (Wildman–Crippen MR) is 24.9 cm³/mol. The first-order valence-corrected chi connectivity index (χ1v) is 3.36. The first-order chi connectivity index (χ1) is 2.77. The van der Waals surface area contributed by atoms with Crippen LogP contribution >= 0.6 is 0 Å². The first-order valence-electron chi connectivity index (χ1n) is 1.63. The summed E-state index contributed by atoms with van der Waals surface area (Å²) < 4.78 is 21.0. The molecule has 0 heterocycles. The number of alkyl halides is 1. The molecule has 0 aromatic heterocycles. The summed E-state index contributed by atoms with van der Waals surface area (Å²) in [5.41, 5.74) is 0. The third-order valence-electron chi connectivity index (χ3n) is 0.365. The zero-order valence-electron chi connectivity index (χ0n) is 3.61. The quantitative estimate of drug-likeness (QED) is 0.470. The Balaban J connectivity index is 2.63. The normalized spacial score (nSPS) is 14.5. The van der Waals surface area contributed by atoms with Gasteiger partial charge >= 0.3 is 0 Å². The summed E-state index contributed by atoms with van der Waals surface area (Å²) in [6.45, 7) is -0.469. The molecule has 0 aromatic carbocycles. The third kappa shape index (κ3) is 4.24. The van der Waals surface area contributed by atoms with Gasteiger partial charge in [-0.3, -0.25) is 0 Å². The molecular formula is C3H7FOS. The molecule has 0 aliphatic carbocycles. The van der Waals surface area contributed by atoms with Crippen LogP contribution in [0.5, 0.6) is 0 Å². The highest BCUT2D eigenvalue weighted by molar-refractivity contribution is 7.90. The van der Waals surface area contributed by atoms with E-state index in [-0.39, 0.29) is 5.75 Å². The zero-order valence-corrected chi connectivity index (χ0v) is 4.43. The van der Waals surface area contributed by atoms with E-state index in [0.717, 1.165) is 0 Å². The molecular weight excluding hydrogens is 103 g/mol. The molecule has 0 amide bonds. The summed E-state index contributed by atoms with van der Waals surface area (Å²) in [6, 6.07) is 0. The second-order valence-electron chi connectivity index (χ2n) is 0.966. The van der Waals surface area contributed by atoms with Gasteiger partial charge < -0.3 is 4.55 Å². The number of hydrogen-bond donors (Lipinski definition) is 0. The number of hydrogen-bond acceptors (Lipinski definition) is 1. The Labute approximate surface area is 39.7 Å². The van der Waals surface area contributed by atoms with E-state index in [1.165, 1.54) is 6.26 Å². The molecule has 38 valence electrons. The van der Waals surface area contributed by atoms with Crippen LogP contribution in [0.15, 0.2) is 0 Å². The monoisotopic (exact) mass is 110 g/mol. The van der Waals surface area contributed by atoms with Gasteiger partial charge in [-0.05, 0) is 0 Å². The van der Waals surface area contributed by atoms with Crippen LogP contribution in [0, 0.1) is 0 Å². The van der Waals surface area contributed by atoms with Gasteiger partial charge in [-0.2, -0.15) is 0 Å². The molecule has 0 saturated carbocycles. The van der Waals surface area contributed by atoms with Crippen molar-refractivity contribution in [3.63, 3.8) is 0 Å². The molecule has 0 saturated heterocycles. The van der Waals surface area contributed by atoms with Crippen molar-refractivity contribution < 1.29 is 8.94 Å². The second-order valence-corrected chi connectivity index (χ2v) is 2.52. The summed E-state index contributed by atoms with van der Waals surface area (Å²) in [5, 5.41) is 0. The van der Waals surface area contributed by atoms with Crippen LogP contribution in [0.3, 0.4) is 0 Å². The Hall–Kier alpha value is 0.240.